The number of nitrogens with two attached hydrogens (primary N) is 1. The minimum atomic E-state index is 0.707. The summed E-state index contributed by atoms with van der Waals surface area (Å²) in [5.74, 6) is 0. The van der Waals surface area contributed by atoms with Crippen molar-refractivity contribution in [3.8, 4) is 0 Å². The van der Waals surface area contributed by atoms with Gasteiger partial charge in [-0.3, -0.25) is 4.68 Å². The van der Waals surface area contributed by atoms with E-state index in [2.05, 4.69) is 15.4 Å². The molecule has 5 nitrogen and oxygen atoms in total. The fraction of sp³-hybridized carbons (Fsp3) is 0.286. The quantitative estimate of drug-likeness (QED) is 0.727. The standard InChI is InChI=1S/C14H17N5S/c1-8-10(7-19(3)18-8)6-16-12-5-13-14(4-11(12)15)20-9(2)17-13/h4-5,7,16H,6,15H2,1-3H3. The van der Waals surface area contributed by atoms with Crippen LogP contribution in [0.1, 0.15) is 16.3 Å². The molecule has 0 radical (unpaired) electrons. The van der Waals surface area contributed by atoms with Gasteiger partial charge < -0.3 is 11.1 Å². The van der Waals surface area contributed by atoms with Crippen molar-refractivity contribution in [1.29, 1.82) is 0 Å². The van der Waals surface area contributed by atoms with Crippen LogP contribution in [0.4, 0.5) is 11.4 Å². The Kier molecular flexibility index (Phi) is 3.10. The first-order valence-electron chi connectivity index (χ1n) is 6.42. The van der Waals surface area contributed by atoms with Gasteiger partial charge in [-0.15, -0.1) is 11.3 Å². The zero-order valence-corrected chi connectivity index (χ0v) is 12.6. The SMILES string of the molecule is Cc1nc2cc(NCc3cn(C)nc3C)c(N)cc2s1. The Morgan fingerprint density at radius 3 is 2.85 bits per heavy atom. The molecule has 0 atom stereocenters. The molecule has 104 valence electrons. The molecule has 2 aromatic heterocycles. The predicted octanol–water partition coefficient (Wildman–Crippen LogP) is 2.84. The molecule has 20 heavy (non-hydrogen) atoms. The van der Waals surface area contributed by atoms with Crippen LogP contribution in [0.3, 0.4) is 0 Å². The fourth-order valence-corrected chi connectivity index (χ4v) is 3.13. The Labute approximate surface area is 121 Å². The lowest BCUT2D eigenvalue weighted by atomic mass is 10.2. The molecular weight excluding hydrogens is 270 g/mol. The average molecular weight is 287 g/mol. The highest BCUT2D eigenvalue weighted by atomic mass is 32.1. The van der Waals surface area contributed by atoms with Gasteiger partial charge in [0.2, 0.25) is 0 Å². The summed E-state index contributed by atoms with van der Waals surface area (Å²) in [6, 6.07) is 4.00. The summed E-state index contributed by atoms with van der Waals surface area (Å²) in [7, 11) is 1.93. The Bertz CT molecular complexity index is 771. The molecule has 0 amide bonds. The van der Waals surface area contributed by atoms with Gasteiger partial charge in [0.1, 0.15) is 0 Å². The maximum atomic E-state index is 6.10. The van der Waals surface area contributed by atoms with E-state index in [1.807, 2.05) is 43.9 Å². The second-order valence-electron chi connectivity index (χ2n) is 4.91. The first kappa shape index (κ1) is 12.9. The Morgan fingerprint density at radius 2 is 2.15 bits per heavy atom. The van der Waals surface area contributed by atoms with E-state index in [-0.39, 0.29) is 0 Å². The number of hydrogen-bond acceptors (Lipinski definition) is 5. The van der Waals surface area contributed by atoms with Gasteiger partial charge >= 0.3 is 0 Å². The maximum absolute atomic E-state index is 6.10. The highest BCUT2D eigenvalue weighted by molar-refractivity contribution is 7.18. The number of fused-ring (bicyclic) bond motifs is 1. The van der Waals surface area contributed by atoms with Crippen molar-refractivity contribution in [1.82, 2.24) is 14.8 Å². The minimum Gasteiger partial charge on any atom is -0.397 e. The number of thiazole rings is 1. The lowest BCUT2D eigenvalue weighted by Crippen LogP contribution is -2.02. The van der Waals surface area contributed by atoms with Crippen LogP contribution < -0.4 is 11.1 Å². The lowest BCUT2D eigenvalue weighted by molar-refractivity contribution is 0.756. The van der Waals surface area contributed by atoms with Crippen LogP contribution in [-0.4, -0.2) is 14.8 Å². The van der Waals surface area contributed by atoms with Gasteiger partial charge in [-0.05, 0) is 26.0 Å². The van der Waals surface area contributed by atoms with Crippen molar-refractivity contribution in [2.24, 2.45) is 7.05 Å². The van der Waals surface area contributed by atoms with Gasteiger partial charge in [0.05, 0.1) is 32.3 Å². The van der Waals surface area contributed by atoms with E-state index in [1.54, 1.807) is 11.3 Å². The molecular formula is C14H17N5S. The number of anilines is 2. The number of aryl methyl sites for hydroxylation is 3. The molecule has 0 saturated carbocycles. The third-order valence-corrected chi connectivity index (χ3v) is 4.18. The number of nitrogens with zero attached hydrogens (tertiary/aromatic N) is 3. The second kappa shape index (κ2) is 4.79. The van der Waals surface area contributed by atoms with E-state index in [0.717, 1.165) is 32.3 Å². The van der Waals surface area contributed by atoms with Gasteiger partial charge in [0.15, 0.2) is 0 Å². The lowest BCUT2D eigenvalue weighted by Gasteiger charge is -2.08. The summed E-state index contributed by atoms with van der Waals surface area (Å²) in [6.45, 7) is 4.72. The smallest absolute Gasteiger partial charge is 0.0907 e. The summed E-state index contributed by atoms with van der Waals surface area (Å²) < 4.78 is 2.95. The number of benzene rings is 1. The third kappa shape index (κ3) is 2.34. The van der Waals surface area contributed by atoms with Crippen LogP contribution in [0.2, 0.25) is 0 Å². The molecule has 0 aliphatic carbocycles. The molecule has 0 aliphatic heterocycles. The minimum absolute atomic E-state index is 0.707. The molecule has 0 saturated heterocycles. The van der Waals surface area contributed by atoms with E-state index in [1.165, 1.54) is 5.56 Å². The maximum Gasteiger partial charge on any atom is 0.0907 e. The number of rotatable bonds is 3. The molecule has 3 N–H and O–H groups in total. The molecule has 3 rings (SSSR count). The van der Waals surface area contributed by atoms with Gasteiger partial charge in [-0.2, -0.15) is 5.10 Å². The van der Waals surface area contributed by atoms with Crippen LogP contribution >= 0.6 is 11.3 Å². The first-order chi connectivity index (χ1) is 9.52. The molecule has 3 aromatic rings. The van der Waals surface area contributed by atoms with E-state index < -0.39 is 0 Å². The summed E-state index contributed by atoms with van der Waals surface area (Å²) in [5.41, 5.74) is 11.0. The predicted molar refractivity (Wildman–Crippen MR) is 84.0 cm³/mol. The molecule has 6 heteroatoms. The molecule has 1 aromatic carbocycles. The number of hydrogen-bond donors (Lipinski definition) is 2. The molecule has 2 heterocycles. The Hall–Kier alpha value is -2.08. The third-order valence-electron chi connectivity index (χ3n) is 3.25. The molecule has 0 unspecified atom stereocenters. The fourth-order valence-electron chi connectivity index (χ4n) is 2.27. The van der Waals surface area contributed by atoms with Crippen molar-refractivity contribution in [2.75, 3.05) is 11.1 Å². The van der Waals surface area contributed by atoms with Crippen molar-refractivity contribution < 1.29 is 0 Å². The van der Waals surface area contributed by atoms with Crippen LogP contribution in [0, 0.1) is 13.8 Å². The van der Waals surface area contributed by atoms with E-state index in [9.17, 15) is 0 Å². The topological polar surface area (TPSA) is 68.8 Å². The number of nitrogen functional groups attached to an aromatic ring is 1. The zero-order chi connectivity index (χ0) is 14.3. The first-order valence-corrected chi connectivity index (χ1v) is 7.24. The Balaban J connectivity index is 1.86. The molecule has 0 aliphatic rings. The normalized spacial score (nSPS) is 11.2. The molecule has 0 spiro atoms. The summed E-state index contributed by atoms with van der Waals surface area (Å²) in [6.07, 6.45) is 2.02. The van der Waals surface area contributed by atoms with Gasteiger partial charge in [0.25, 0.3) is 0 Å². The van der Waals surface area contributed by atoms with Crippen molar-refractivity contribution in [3.05, 3.63) is 34.6 Å². The van der Waals surface area contributed by atoms with Crippen molar-refractivity contribution in [2.45, 2.75) is 20.4 Å². The van der Waals surface area contributed by atoms with E-state index in [4.69, 9.17) is 5.73 Å². The van der Waals surface area contributed by atoms with Crippen molar-refractivity contribution in [3.63, 3.8) is 0 Å². The monoisotopic (exact) mass is 287 g/mol. The molecule has 0 bridgehead atoms. The highest BCUT2D eigenvalue weighted by Gasteiger charge is 2.08. The summed E-state index contributed by atoms with van der Waals surface area (Å²) in [5, 5.41) is 8.76. The van der Waals surface area contributed by atoms with Crippen LogP contribution in [-0.2, 0) is 13.6 Å². The Morgan fingerprint density at radius 1 is 1.35 bits per heavy atom. The highest BCUT2D eigenvalue weighted by Crippen LogP contribution is 2.30. The van der Waals surface area contributed by atoms with Crippen LogP contribution in [0.5, 0.6) is 0 Å². The molecule has 0 fully saturated rings. The van der Waals surface area contributed by atoms with Crippen LogP contribution in [0.15, 0.2) is 18.3 Å². The average Bonchev–Trinajstić information content (AvgIpc) is 2.87. The van der Waals surface area contributed by atoms with Crippen LogP contribution in [0.25, 0.3) is 10.2 Å². The number of aromatic nitrogens is 3. The van der Waals surface area contributed by atoms with E-state index >= 15 is 0 Å². The second-order valence-corrected chi connectivity index (χ2v) is 6.14. The van der Waals surface area contributed by atoms with Gasteiger partial charge in [0, 0.05) is 25.4 Å². The van der Waals surface area contributed by atoms with E-state index in [0.29, 0.717) is 6.54 Å². The largest absolute Gasteiger partial charge is 0.397 e. The summed E-state index contributed by atoms with van der Waals surface area (Å²) in [4.78, 5) is 4.50. The van der Waals surface area contributed by atoms with Gasteiger partial charge in [-0.1, -0.05) is 0 Å². The van der Waals surface area contributed by atoms with Gasteiger partial charge in [-0.25, -0.2) is 4.98 Å². The van der Waals surface area contributed by atoms with Crippen molar-refractivity contribution >= 4 is 32.9 Å². The zero-order valence-electron chi connectivity index (χ0n) is 11.8. The summed E-state index contributed by atoms with van der Waals surface area (Å²) >= 11 is 1.66. The number of nitrogens with one attached hydrogen (secondary N) is 1.